The molecule has 0 radical (unpaired) electrons. The number of aromatic nitrogens is 1. The van der Waals surface area contributed by atoms with Crippen LogP contribution in [0.2, 0.25) is 0 Å². The molecule has 0 spiro atoms. The van der Waals surface area contributed by atoms with Gasteiger partial charge in [0, 0.05) is 25.5 Å². The van der Waals surface area contributed by atoms with Crippen LogP contribution in [0.3, 0.4) is 0 Å². The molecule has 2 amide bonds. The standard InChI is InChI=1S/C23H25N3O2/c1-16-3-5-19(6-4-16)20-21(25-13-9-17(2)10-14-25)23(28)26(22(20)27)15-18-7-11-24-12-8-18/h3-8,11-12,17H,9-10,13-15H2,1-2H3. The van der Waals surface area contributed by atoms with Crippen molar-refractivity contribution in [1.82, 2.24) is 14.8 Å². The second-order valence-electron chi connectivity index (χ2n) is 7.81. The van der Waals surface area contributed by atoms with Gasteiger partial charge in [-0.2, -0.15) is 0 Å². The number of pyridine rings is 1. The van der Waals surface area contributed by atoms with Gasteiger partial charge < -0.3 is 4.90 Å². The molecule has 0 N–H and O–H groups in total. The summed E-state index contributed by atoms with van der Waals surface area (Å²) in [7, 11) is 0. The highest BCUT2D eigenvalue weighted by molar-refractivity contribution is 6.35. The first-order valence-corrected chi connectivity index (χ1v) is 9.86. The molecule has 2 aliphatic rings. The summed E-state index contributed by atoms with van der Waals surface area (Å²) >= 11 is 0. The third-order valence-corrected chi connectivity index (χ3v) is 5.67. The lowest BCUT2D eigenvalue weighted by Crippen LogP contribution is -2.38. The topological polar surface area (TPSA) is 53.5 Å². The Morgan fingerprint density at radius 2 is 1.61 bits per heavy atom. The Bertz CT molecular complexity index is 911. The maximum atomic E-state index is 13.3. The van der Waals surface area contributed by atoms with E-state index >= 15 is 0 Å². The molecule has 3 heterocycles. The molecule has 1 fully saturated rings. The van der Waals surface area contributed by atoms with E-state index < -0.39 is 0 Å². The van der Waals surface area contributed by atoms with Gasteiger partial charge in [-0.1, -0.05) is 36.8 Å². The highest BCUT2D eigenvalue weighted by Gasteiger charge is 2.42. The smallest absolute Gasteiger partial charge is 0.278 e. The predicted molar refractivity (Wildman–Crippen MR) is 108 cm³/mol. The van der Waals surface area contributed by atoms with Gasteiger partial charge >= 0.3 is 0 Å². The average Bonchev–Trinajstić information content (AvgIpc) is 2.95. The average molecular weight is 375 g/mol. The van der Waals surface area contributed by atoms with Crippen LogP contribution in [0, 0.1) is 12.8 Å². The summed E-state index contributed by atoms with van der Waals surface area (Å²) in [6.07, 6.45) is 5.44. The molecule has 5 heteroatoms. The quantitative estimate of drug-likeness (QED) is 0.769. The number of benzene rings is 1. The molecule has 0 atom stereocenters. The molecule has 1 aromatic carbocycles. The van der Waals surface area contributed by atoms with Crippen LogP contribution >= 0.6 is 0 Å². The Morgan fingerprint density at radius 3 is 2.25 bits per heavy atom. The lowest BCUT2D eigenvalue weighted by Gasteiger charge is -2.32. The van der Waals surface area contributed by atoms with E-state index in [2.05, 4.69) is 16.8 Å². The molecule has 1 saturated heterocycles. The van der Waals surface area contributed by atoms with Crippen LogP contribution in [0.5, 0.6) is 0 Å². The molecule has 144 valence electrons. The van der Waals surface area contributed by atoms with E-state index in [-0.39, 0.29) is 18.4 Å². The van der Waals surface area contributed by atoms with E-state index in [1.807, 2.05) is 43.3 Å². The molecule has 1 aromatic heterocycles. The minimum atomic E-state index is -0.209. The van der Waals surface area contributed by atoms with Crippen molar-refractivity contribution in [2.24, 2.45) is 5.92 Å². The third-order valence-electron chi connectivity index (χ3n) is 5.67. The molecule has 0 bridgehead atoms. The lowest BCUT2D eigenvalue weighted by molar-refractivity contribution is -0.138. The highest BCUT2D eigenvalue weighted by atomic mass is 16.2. The van der Waals surface area contributed by atoms with E-state index in [4.69, 9.17) is 0 Å². The largest absolute Gasteiger partial charge is 0.366 e. The van der Waals surface area contributed by atoms with Gasteiger partial charge in [0.25, 0.3) is 11.8 Å². The summed E-state index contributed by atoms with van der Waals surface area (Å²) in [5, 5.41) is 0. The summed E-state index contributed by atoms with van der Waals surface area (Å²) in [4.78, 5) is 34.2. The van der Waals surface area contributed by atoms with Crippen molar-refractivity contribution in [3.63, 3.8) is 0 Å². The van der Waals surface area contributed by atoms with Crippen molar-refractivity contribution >= 4 is 17.4 Å². The number of hydrogen-bond donors (Lipinski definition) is 0. The van der Waals surface area contributed by atoms with E-state index in [9.17, 15) is 9.59 Å². The molecule has 0 aliphatic carbocycles. The molecule has 2 aliphatic heterocycles. The first-order valence-electron chi connectivity index (χ1n) is 9.86. The van der Waals surface area contributed by atoms with E-state index in [1.54, 1.807) is 12.4 Å². The molecule has 28 heavy (non-hydrogen) atoms. The van der Waals surface area contributed by atoms with Crippen molar-refractivity contribution in [1.29, 1.82) is 0 Å². The van der Waals surface area contributed by atoms with Crippen molar-refractivity contribution in [3.05, 3.63) is 71.2 Å². The minimum absolute atomic E-state index is 0.188. The lowest BCUT2D eigenvalue weighted by atomic mass is 9.97. The predicted octanol–water partition coefficient (Wildman–Crippen LogP) is 3.40. The second kappa shape index (κ2) is 7.58. The zero-order valence-corrected chi connectivity index (χ0v) is 16.4. The van der Waals surface area contributed by atoms with Gasteiger partial charge in [0.1, 0.15) is 5.70 Å². The van der Waals surface area contributed by atoms with Gasteiger partial charge in [-0.25, -0.2) is 0 Å². The van der Waals surface area contributed by atoms with Gasteiger partial charge in [0.05, 0.1) is 12.1 Å². The zero-order valence-electron chi connectivity index (χ0n) is 16.4. The maximum absolute atomic E-state index is 13.3. The van der Waals surface area contributed by atoms with Gasteiger partial charge in [0.15, 0.2) is 0 Å². The van der Waals surface area contributed by atoms with Crippen molar-refractivity contribution in [2.75, 3.05) is 13.1 Å². The number of likely N-dealkylation sites (tertiary alicyclic amines) is 1. The fourth-order valence-corrected chi connectivity index (χ4v) is 3.88. The molecule has 4 rings (SSSR count). The normalized spacial score (nSPS) is 18.4. The monoisotopic (exact) mass is 375 g/mol. The fraction of sp³-hybridized carbons (Fsp3) is 0.348. The molecule has 0 unspecified atom stereocenters. The van der Waals surface area contributed by atoms with Crippen molar-refractivity contribution < 1.29 is 9.59 Å². The van der Waals surface area contributed by atoms with Crippen molar-refractivity contribution in [2.45, 2.75) is 33.2 Å². The number of rotatable bonds is 4. The van der Waals surface area contributed by atoms with Crippen LogP contribution < -0.4 is 0 Å². The van der Waals surface area contributed by atoms with E-state index in [0.29, 0.717) is 17.2 Å². The summed E-state index contributed by atoms with van der Waals surface area (Å²) in [6, 6.07) is 11.5. The SMILES string of the molecule is Cc1ccc(C2=C(N3CCC(C)CC3)C(=O)N(Cc3ccncc3)C2=O)cc1. The molecule has 2 aromatic rings. The van der Waals surface area contributed by atoms with Gasteiger partial charge in [-0.05, 0) is 48.9 Å². The number of hydrogen-bond acceptors (Lipinski definition) is 4. The number of carbonyl (C=O) groups is 2. The molecule has 5 nitrogen and oxygen atoms in total. The fourth-order valence-electron chi connectivity index (χ4n) is 3.88. The van der Waals surface area contributed by atoms with Gasteiger partial charge in [0.2, 0.25) is 0 Å². The summed E-state index contributed by atoms with van der Waals surface area (Å²) in [5.41, 5.74) is 3.94. The number of aryl methyl sites for hydroxylation is 1. The number of amides is 2. The number of imide groups is 1. The van der Waals surface area contributed by atoms with Gasteiger partial charge in [-0.15, -0.1) is 0 Å². The van der Waals surface area contributed by atoms with E-state index in [1.165, 1.54) is 4.90 Å². The highest BCUT2D eigenvalue weighted by Crippen LogP contribution is 2.34. The Labute approximate surface area is 165 Å². The molecular formula is C23H25N3O2. The first-order chi connectivity index (χ1) is 13.5. The zero-order chi connectivity index (χ0) is 19.7. The number of piperidine rings is 1. The van der Waals surface area contributed by atoms with Crippen LogP contribution in [0.4, 0.5) is 0 Å². The third kappa shape index (κ3) is 3.44. The summed E-state index contributed by atoms with van der Waals surface area (Å²) in [5.74, 6) is 0.256. The Balaban J connectivity index is 1.72. The first kappa shape index (κ1) is 18.4. The van der Waals surface area contributed by atoms with Crippen LogP contribution in [0.1, 0.15) is 36.5 Å². The molecule has 0 saturated carbocycles. The second-order valence-corrected chi connectivity index (χ2v) is 7.81. The Morgan fingerprint density at radius 1 is 0.964 bits per heavy atom. The van der Waals surface area contributed by atoms with Gasteiger partial charge in [-0.3, -0.25) is 19.5 Å². The Kier molecular flexibility index (Phi) is 4.99. The van der Waals surface area contributed by atoms with Crippen molar-refractivity contribution in [3.8, 4) is 0 Å². The van der Waals surface area contributed by atoms with Crippen LogP contribution in [-0.2, 0) is 16.1 Å². The van der Waals surface area contributed by atoms with Crippen LogP contribution in [-0.4, -0.2) is 39.7 Å². The minimum Gasteiger partial charge on any atom is -0.366 e. The summed E-state index contributed by atoms with van der Waals surface area (Å²) in [6.45, 7) is 6.15. The molecular weight excluding hydrogens is 350 g/mol. The van der Waals surface area contributed by atoms with E-state index in [0.717, 1.165) is 42.6 Å². The number of carbonyl (C=O) groups excluding carboxylic acids is 2. The van der Waals surface area contributed by atoms with Crippen LogP contribution in [0.15, 0.2) is 54.5 Å². The number of nitrogens with zero attached hydrogens (tertiary/aromatic N) is 3. The Hall–Kier alpha value is -2.95. The summed E-state index contributed by atoms with van der Waals surface area (Å²) < 4.78 is 0. The maximum Gasteiger partial charge on any atom is 0.278 e. The van der Waals surface area contributed by atoms with Crippen LogP contribution in [0.25, 0.3) is 5.57 Å².